The molecule has 9 atom stereocenters. The Morgan fingerprint density at radius 2 is 1.78 bits per heavy atom. The maximum atomic E-state index is 14.4. The molecule has 2 amide bonds. The number of benzene rings is 3. The van der Waals surface area contributed by atoms with Crippen LogP contribution in [0, 0.1) is 27.4 Å². The lowest BCUT2D eigenvalue weighted by molar-refractivity contribution is -0.385. The molecule has 426 valence electrons. The summed E-state index contributed by atoms with van der Waals surface area (Å²) in [4.78, 5) is 93.3. The van der Waals surface area contributed by atoms with Gasteiger partial charge in [-0.1, -0.05) is 63.1 Å². The average Bonchev–Trinajstić information content (AvgIpc) is 2.63. The van der Waals surface area contributed by atoms with Gasteiger partial charge in [-0.3, -0.25) is 49.0 Å². The number of methoxy groups -OCH3 is 2. The van der Waals surface area contributed by atoms with E-state index in [1.165, 1.54) is 47.4 Å². The van der Waals surface area contributed by atoms with Crippen molar-refractivity contribution >= 4 is 57.8 Å². The van der Waals surface area contributed by atoms with Crippen LogP contribution in [0.1, 0.15) is 123 Å². The number of H-pyrrole nitrogens is 1. The van der Waals surface area contributed by atoms with E-state index in [2.05, 4.69) is 87.9 Å². The third kappa shape index (κ3) is 9.00. The predicted molar refractivity (Wildman–Crippen MR) is 309 cm³/mol. The topological polar surface area (TPSA) is 208 Å². The molecule has 1 unspecified atom stereocenters. The van der Waals surface area contributed by atoms with Crippen LogP contribution >= 0.6 is 0 Å². The molecule has 6 aliphatic heterocycles. The zero-order chi connectivity index (χ0) is 57.3. The number of aromatic nitrogens is 1. The van der Waals surface area contributed by atoms with Crippen LogP contribution in [0.5, 0.6) is 5.75 Å². The number of anilines is 1. The number of esters is 1. The van der Waals surface area contributed by atoms with Crippen molar-refractivity contribution in [3.63, 3.8) is 0 Å². The fraction of sp³-hybridized carbons (Fsp3) is 0.500. The van der Waals surface area contributed by atoms with Crippen molar-refractivity contribution in [3.05, 3.63) is 134 Å². The molecule has 4 aromatic rings. The highest BCUT2D eigenvalue weighted by atomic mass is 16.6. The van der Waals surface area contributed by atoms with E-state index in [1.807, 2.05) is 20.0 Å². The van der Waals surface area contributed by atoms with Crippen LogP contribution in [0.25, 0.3) is 10.9 Å². The van der Waals surface area contributed by atoms with Crippen LogP contribution in [0.2, 0.25) is 0 Å². The molecule has 17 heteroatoms. The molecule has 7 heterocycles. The van der Waals surface area contributed by atoms with Gasteiger partial charge in [-0.15, -0.1) is 0 Å². The number of aliphatic imine (C=N–C) groups is 1. The van der Waals surface area contributed by atoms with Crippen LogP contribution in [0.15, 0.2) is 89.5 Å². The molecule has 2 fully saturated rings. The largest absolute Gasteiger partial charge is 0.496 e. The second kappa shape index (κ2) is 21.3. The van der Waals surface area contributed by atoms with Crippen molar-refractivity contribution in [3.8, 4) is 5.75 Å². The minimum atomic E-state index is -1.83. The van der Waals surface area contributed by atoms with E-state index in [0.29, 0.717) is 24.8 Å². The van der Waals surface area contributed by atoms with Gasteiger partial charge in [0.25, 0.3) is 17.5 Å². The number of amides is 2. The highest BCUT2D eigenvalue weighted by Crippen LogP contribution is 2.69. The van der Waals surface area contributed by atoms with E-state index in [4.69, 9.17) is 9.47 Å². The number of nitrogens with one attached hydrogen (secondary N) is 1. The fourth-order valence-electron chi connectivity index (χ4n) is 16.2. The lowest BCUT2D eigenvalue weighted by Crippen LogP contribution is -2.78. The van der Waals surface area contributed by atoms with E-state index in [9.17, 15) is 39.2 Å². The Balaban J connectivity index is 0.904. The SMILES string of the molecule is CCC1=C[C@H]2CN(CCc3c([nH]c4ccc(C=NCC(=O)c5ccc(CC(=O)CCCCCN6C(=O)C=CC6=O)cc5[N+](=O)[O-])cc34)[C@@](C)(c3cc4c(cc3OC)N(C)[C@H]3[C@@](O)(C(=O)OC)[C@H](C)[C@]5(CC)C=CCN6CC[C@]43[C@@H]65)C2)C1. The lowest BCUT2D eigenvalue weighted by Gasteiger charge is -2.64. The van der Waals surface area contributed by atoms with Gasteiger partial charge in [0.15, 0.2) is 11.4 Å². The number of carbonyl (C=O) groups excluding carboxylic acids is 5. The monoisotopic (exact) mass is 1100 g/mol. The number of hydrogen-bond acceptors (Lipinski definition) is 14. The van der Waals surface area contributed by atoms with Gasteiger partial charge in [-0.05, 0) is 111 Å². The quantitative estimate of drug-likeness (QED) is 0.0141. The summed E-state index contributed by atoms with van der Waals surface area (Å²) < 4.78 is 12.1. The number of likely N-dealkylation sites (N-methyl/N-ethyl adjacent to an activating group) is 1. The van der Waals surface area contributed by atoms with E-state index in [1.54, 1.807) is 19.4 Å². The van der Waals surface area contributed by atoms with Crippen molar-refractivity contribution < 1.29 is 43.5 Å². The zero-order valence-electron chi connectivity index (χ0n) is 47.7. The number of rotatable bonds is 18. The van der Waals surface area contributed by atoms with Gasteiger partial charge in [0.05, 0.1) is 30.7 Å². The molecular weight excluding hydrogens is 1030 g/mol. The molecule has 17 nitrogen and oxygen atoms in total. The molecule has 3 aromatic carbocycles. The number of unbranched alkanes of at least 4 members (excludes halogenated alkanes) is 2. The molecular formula is C64H75N7O10. The van der Waals surface area contributed by atoms with Gasteiger partial charge >= 0.3 is 5.97 Å². The Labute approximate surface area is 473 Å². The number of hydrogen-bond donors (Lipinski definition) is 2. The molecule has 2 N–H and O–H groups in total. The summed E-state index contributed by atoms with van der Waals surface area (Å²) in [6.45, 7) is 13.1. The van der Waals surface area contributed by atoms with Gasteiger partial charge in [0.2, 0.25) is 0 Å². The number of aromatic amines is 1. The maximum absolute atomic E-state index is 14.4. The number of aliphatic hydroxyl groups is 1. The fourth-order valence-corrected chi connectivity index (χ4v) is 16.2. The van der Waals surface area contributed by atoms with E-state index in [-0.39, 0.29) is 66.7 Å². The van der Waals surface area contributed by atoms with Gasteiger partial charge in [-0.2, -0.15) is 0 Å². The summed E-state index contributed by atoms with van der Waals surface area (Å²) >= 11 is 0. The summed E-state index contributed by atoms with van der Waals surface area (Å²) in [6, 6.07) is 14.4. The van der Waals surface area contributed by atoms with Crippen molar-refractivity contribution in [2.24, 2.45) is 22.2 Å². The second-order valence-electron chi connectivity index (χ2n) is 24.1. The number of nitrogens with zero attached hydrogens (tertiary/aromatic N) is 6. The van der Waals surface area contributed by atoms with E-state index >= 15 is 0 Å². The number of imide groups is 1. The minimum absolute atomic E-state index is 0.0179. The first kappa shape index (κ1) is 55.8. The predicted octanol–water partition coefficient (Wildman–Crippen LogP) is 8.15. The van der Waals surface area contributed by atoms with Crippen molar-refractivity contribution in [1.82, 2.24) is 19.7 Å². The third-order valence-corrected chi connectivity index (χ3v) is 20.0. The second-order valence-corrected chi connectivity index (χ2v) is 24.1. The molecule has 1 saturated heterocycles. The summed E-state index contributed by atoms with van der Waals surface area (Å²) in [6.07, 6.45) is 17.1. The van der Waals surface area contributed by atoms with Crippen LogP contribution < -0.4 is 9.64 Å². The number of ether oxygens (including phenoxy) is 2. The van der Waals surface area contributed by atoms with Crippen LogP contribution in [-0.4, -0.2) is 150 Å². The van der Waals surface area contributed by atoms with Crippen LogP contribution in [0.3, 0.4) is 0 Å². The first-order valence-electron chi connectivity index (χ1n) is 29.0. The smallest absolute Gasteiger partial charge is 0.340 e. The Hall–Kier alpha value is -7.08. The highest BCUT2D eigenvalue weighted by Gasteiger charge is 2.78. The lowest BCUT2D eigenvalue weighted by atomic mass is 9.45. The molecule has 0 radical (unpaired) electrons. The molecule has 2 bridgehead atoms. The van der Waals surface area contributed by atoms with Crippen molar-refractivity contribution in [1.29, 1.82) is 0 Å². The summed E-state index contributed by atoms with van der Waals surface area (Å²) in [5, 5.41) is 26.7. The summed E-state index contributed by atoms with van der Waals surface area (Å²) in [5.74, 6) is -1.39. The Bertz CT molecular complexity index is 3380. The molecule has 1 aliphatic carbocycles. The highest BCUT2D eigenvalue weighted by molar-refractivity contribution is 6.12. The van der Waals surface area contributed by atoms with E-state index < -0.39 is 50.5 Å². The Kier molecular flexibility index (Phi) is 14.7. The van der Waals surface area contributed by atoms with Crippen molar-refractivity contribution in [2.45, 2.75) is 120 Å². The van der Waals surface area contributed by atoms with Gasteiger partial charge in [0, 0.05) is 139 Å². The molecule has 11 rings (SSSR count). The standard InChI is InChI=1S/C64H75N7O10/c1-8-40-28-43-34-61(4,49-32-48-52(33-54(49)80-6)67(5)59-63(48)23-27-69-24-13-22-62(9-2,58(63)69)39(3)64(59,77)60(76)81-7)57-45(21-26-68(37-40)38-43)47-30-42(16-18-50(47)66-57)35-65-36-53(73)46-17-15-41(31-51(46)71(78)79)29-44(72)14-11-10-12-25-70-55(74)19-20-56(70)75/h13,15-20,22,28,30-33,35,39,43,58-59,66,77H,8-12,14,21,23-27,29,34,36-38H2,1-7H3/t39-,43-,58+,59-,61-,62+,63-,64-/m1/s1. The number of carbonyl (C=O) groups is 5. The Morgan fingerprint density at radius 3 is 2.51 bits per heavy atom. The maximum Gasteiger partial charge on any atom is 0.340 e. The number of nitro groups is 1. The summed E-state index contributed by atoms with van der Waals surface area (Å²) in [5.41, 5.74) is 4.92. The molecule has 1 spiro atoms. The van der Waals surface area contributed by atoms with Gasteiger partial charge < -0.3 is 24.5 Å². The first-order chi connectivity index (χ1) is 38.9. The molecule has 1 aromatic heterocycles. The van der Waals surface area contributed by atoms with Crippen LogP contribution in [0.4, 0.5) is 11.4 Å². The average molecular weight is 1100 g/mol. The third-order valence-electron chi connectivity index (χ3n) is 20.0. The molecule has 7 aliphatic rings. The minimum Gasteiger partial charge on any atom is -0.496 e. The molecule has 1 saturated carbocycles. The van der Waals surface area contributed by atoms with Crippen LogP contribution in [-0.2, 0) is 47.6 Å². The molecule has 81 heavy (non-hydrogen) atoms. The normalized spacial score (nSPS) is 29.2. The summed E-state index contributed by atoms with van der Waals surface area (Å²) in [7, 11) is 5.14. The van der Waals surface area contributed by atoms with Crippen molar-refractivity contribution in [2.75, 3.05) is 72.0 Å². The number of nitro benzene ring substituents is 1. The van der Waals surface area contributed by atoms with E-state index in [0.717, 1.165) is 110 Å². The van der Waals surface area contributed by atoms with Gasteiger partial charge in [-0.25, -0.2) is 4.79 Å². The number of fused-ring (bicyclic) bond motifs is 6. The number of ketones is 2. The van der Waals surface area contributed by atoms with Gasteiger partial charge in [0.1, 0.15) is 18.1 Å². The first-order valence-corrected chi connectivity index (χ1v) is 29.0. The zero-order valence-corrected chi connectivity index (χ0v) is 47.7. The number of Topliss-reactive ketones (excluding diaryl/α,β-unsaturated/α-hetero) is 2. The Morgan fingerprint density at radius 1 is 0.988 bits per heavy atom.